The van der Waals surface area contributed by atoms with Crippen molar-refractivity contribution in [2.75, 3.05) is 0 Å². The van der Waals surface area contributed by atoms with E-state index in [0.717, 1.165) is 34.5 Å². The third kappa shape index (κ3) is 5.16. The lowest BCUT2D eigenvalue weighted by Crippen LogP contribution is -2.28. The Bertz CT molecular complexity index is 1330. The summed E-state index contributed by atoms with van der Waals surface area (Å²) in [6, 6.07) is 16.3. The largest absolute Gasteiger partial charge is 0.346 e. The minimum atomic E-state index is -0.0298. The summed E-state index contributed by atoms with van der Waals surface area (Å²) < 4.78 is 3.47. The normalized spacial score (nSPS) is 14.7. The number of benzene rings is 2. The maximum Gasteiger partial charge on any atom is 0.346 e. The van der Waals surface area contributed by atoms with Gasteiger partial charge in [0.2, 0.25) is 5.82 Å². The van der Waals surface area contributed by atoms with Gasteiger partial charge in [0.1, 0.15) is 0 Å². The van der Waals surface area contributed by atoms with Crippen molar-refractivity contribution in [2.45, 2.75) is 58.5 Å². The van der Waals surface area contributed by atoms with Crippen molar-refractivity contribution in [3.63, 3.8) is 0 Å². The zero-order chi connectivity index (χ0) is 24.0. The predicted octanol–water partition coefficient (Wildman–Crippen LogP) is 4.94. The molecular weight excluding hydrogens is 438 g/mol. The summed E-state index contributed by atoms with van der Waals surface area (Å²) in [5.41, 5.74) is 4.03. The van der Waals surface area contributed by atoms with Crippen LogP contribution in [0.15, 0.2) is 59.4 Å². The van der Waals surface area contributed by atoms with Gasteiger partial charge in [0.15, 0.2) is 5.82 Å². The first-order chi connectivity index (χ1) is 17.2. The Hall–Kier alpha value is -3.81. The number of hydrogen-bond acceptors (Lipinski definition) is 5. The monoisotopic (exact) mass is 469 g/mol. The van der Waals surface area contributed by atoms with E-state index < -0.39 is 0 Å². The Balaban J connectivity index is 1.40. The number of nitrogens with zero attached hydrogens (tertiary/aromatic N) is 6. The van der Waals surface area contributed by atoms with Gasteiger partial charge in [0.05, 0.1) is 6.54 Å². The van der Waals surface area contributed by atoms with Crippen molar-refractivity contribution in [1.82, 2.24) is 35.0 Å². The lowest BCUT2D eigenvalue weighted by molar-refractivity contribution is 0.303. The van der Waals surface area contributed by atoms with Crippen LogP contribution in [0.3, 0.4) is 0 Å². The number of allylic oxidation sites excluding steroid dienone is 1. The van der Waals surface area contributed by atoms with Crippen molar-refractivity contribution >= 4 is 6.08 Å². The summed E-state index contributed by atoms with van der Waals surface area (Å²) in [7, 11) is 0. The molecule has 0 atom stereocenters. The molecule has 35 heavy (non-hydrogen) atoms. The summed E-state index contributed by atoms with van der Waals surface area (Å²) in [5.74, 6) is 1.83. The maximum atomic E-state index is 13.3. The molecule has 0 radical (unpaired) electrons. The van der Waals surface area contributed by atoms with Crippen LogP contribution >= 0.6 is 0 Å². The molecule has 8 nitrogen and oxygen atoms in total. The fraction of sp³-hybridized carbons (Fsp3) is 0.370. The minimum absolute atomic E-state index is 0.0298. The van der Waals surface area contributed by atoms with Gasteiger partial charge in [0, 0.05) is 12.1 Å². The molecule has 1 aliphatic rings. The first kappa shape index (κ1) is 23.0. The highest BCUT2D eigenvalue weighted by Crippen LogP contribution is 2.30. The molecule has 1 fully saturated rings. The van der Waals surface area contributed by atoms with E-state index in [-0.39, 0.29) is 5.69 Å². The summed E-state index contributed by atoms with van der Waals surface area (Å²) in [6.45, 7) is 3.29. The van der Waals surface area contributed by atoms with Gasteiger partial charge in [-0.15, -0.1) is 10.2 Å². The molecule has 0 aliphatic heterocycles. The van der Waals surface area contributed by atoms with E-state index >= 15 is 0 Å². The Kier molecular flexibility index (Phi) is 6.97. The maximum absolute atomic E-state index is 13.3. The number of rotatable bonds is 8. The van der Waals surface area contributed by atoms with Gasteiger partial charge in [0.25, 0.3) is 0 Å². The third-order valence-electron chi connectivity index (χ3n) is 6.73. The molecule has 2 heterocycles. The molecule has 5 rings (SSSR count). The number of hydrogen-bond donors (Lipinski definition) is 1. The first-order valence-corrected chi connectivity index (χ1v) is 12.5. The molecule has 0 spiro atoms. The molecule has 0 amide bonds. The summed E-state index contributed by atoms with van der Waals surface area (Å²) in [5, 5.41) is 19.2. The highest BCUT2D eigenvalue weighted by Gasteiger charge is 2.19. The average molecular weight is 470 g/mol. The highest BCUT2D eigenvalue weighted by atomic mass is 16.2. The molecule has 1 aliphatic carbocycles. The van der Waals surface area contributed by atoms with Crippen LogP contribution in [-0.2, 0) is 13.1 Å². The molecule has 0 bridgehead atoms. The number of nitrogens with one attached hydrogen (secondary N) is 1. The van der Waals surface area contributed by atoms with Gasteiger partial charge in [-0.3, -0.25) is 4.57 Å². The Labute approximate surface area is 204 Å². The summed E-state index contributed by atoms with van der Waals surface area (Å²) in [6.07, 6.45) is 11.1. The molecule has 0 saturated heterocycles. The quantitative estimate of drug-likeness (QED) is 0.394. The van der Waals surface area contributed by atoms with Gasteiger partial charge in [-0.2, -0.15) is 10.3 Å². The van der Waals surface area contributed by atoms with Gasteiger partial charge >= 0.3 is 5.69 Å². The van der Waals surface area contributed by atoms with Crippen LogP contribution in [0, 0.1) is 5.92 Å². The van der Waals surface area contributed by atoms with Crippen molar-refractivity contribution in [3.05, 3.63) is 76.5 Å². The molecule has 2 aromatic heterocycles. The predicted molar refractivity (Wildman–Crippen MR) is 137 cm³/mol. The molecule has 1 N–H and O–H groups in total. The van der Waals surface area contributed by atoms with E-state index in [1.165, 1.54) is 32.1 Å². The van der Waals surface area contributed by atoms with Crippen LogP contribution < -0.4 is 5.69 Å². The Morgan fingerprint density at radius 2 is 1.80 bits per heavy atom. The third-order valence-corrected chi connectivity index (χ3v) is 6.73. The minimum Gasteiger partial charge on any atom is -0.271 e. The second-order valence-corrected chi connectivity index (χ2v) is 9.20. The lowest BCUT2D eigenvalue weighted by atomic mass is 9.89. The standard InChI is InChI=1S/C27H31N7O/c1-2-3-13-25-30-34(19-20-9-5-4-6-10-20)27(35)33(25)18-21-14-16-22(17-15-21)23-11-7-8-12-24(23)26-28-31-32-29-26/h3,7-8,11-17,20H,2,4-6,9-10,18-19H2,1H3,(H,28,29,31,32). The summed E-state index contributed by atoms with van der Waals surface area (Å²) in [4.78, 5) is 13.3. The van der Waals surface area contributed by atoms with Crippen molar-refractivity contribution in [1.29, 1.82) is 0 Å². The van der Waals surface area contributed by atoms with E-state index in [1.54, 1.807) is 9.25 Å². The topological polar surface area (TPSA) is 94.3 Å². The fourth-order valence-electron chi connectivity index (χ4n) is 4.86. The molecular formula is C27H31N7O. The zero-order valence-electron chi connectivity index (χ0n) is 20.1. The van der Waals surface area contributed by atoms with E-state index in [4.69, 9.17) is 5.10 Å². The Morgan fingerprint density at radius 3 is 2.51 bits per heavy atom. The smallest absolute Gasteiger partial charge is 0.271 e. The Morgan fingerprint density at radius 1 is 1.03 bits per heavy atom. The van der Waals surface area contributed by atoms with Gasteiger partial charge in [-0.25, -0.2) is 9.48 Å². The second kappa shape index (κ2) is 10.6. The number of aromatic amines is 1. The van der Waals surface area contributed by atoms with Crippen LogP contribution in [0.1, 0.15) is 56.8 Å². The highest BCUT2D eigenvalue weighted by molar-refractivity contribution is 5.80. The number of tetrazole rings is 1. The van der Waals surface area contributed by atoms with E-state index in [9.17, 15) is 4.79 Å². The summed E-state index contributed by atoms with van der Waals surface area (Å²) >= 11 is 0. The van der Waals surface area contributed by atoms with Crippen LogP contribution in [0.5, 0.6) is 0 Å². The molecule has 2 aromatic carbocycles. The number of H-pyrrole nitrogens is 1. The van der Waals surface area contributed by atoms with Crippen molar-refractivity contribution in [2.24, 2.45) is 5.92 Å². The SMILES string of the molecule is CCC=Cc1nn(CC2CCCCC2)c(=O)n1Cc1ccc(-c2ccccc2-c2nn[nH]n2)cc1. The number of aromatic nitrogens is 7. The van der Waals surface area contributed by atoms with Crippen LogP contribution in [0.2, 0.25) is 0 Å². The zero-order valence-corrected chi connectivity index (χ0v) is 20.1. The van der Waals surface area contributed by atoms with Crippen molar-refractivity contribution in [3.8, 4) is 22.5 Å². The second-order valence-electron chi connectivity index (χ2n) is 9.20. The van der Waals surface area contributed by atoms with Gasteiger partial charge in [-0.05, 0) is 53.2 Å². The van der Waals surface area contributed by atoms with Crippen LogP contribution in [0.4, 0.5) is 0 Å². The van der Waals surface area contributed by atoms with Gasteiger partial charge in [-0.1, -0.05) is 80.8 Å². The van der Waals surface area contributed by atoms with E-state index in [0.29, 0.717) is 24.8 Å². The molecule has 4 aromatic rings. The fourth-order valence-corrected chi connectivity index (χ4v) is 4.86. The van der Waals surface area contributed by atoms with Crippen LogP contribution in [0.25, 0.3) is 28.6 Å². The molecule has 1 saturated carbocycles. The van der Waals surface area contributed by atoms with Crippen molar-refractivity contribution < 1.29 is 0 Å². The molecule has 0 unspecified atom stereocenters. The first-order valence-electron chi connectivity index (χ1n) is 12.5. The molecule has 8 heteroatoms. The van der Waals surface area contributed by atoms with Gasteiger partial charge < -0.3 is 0 Å². The lowest BCUT2D eigenvalue weighted by Gasteiger charge is -2.20. The average Bonchev–Trinajstić information content (AvgIpc) is 3.54. The molecule has 180 valence electrons. The van der Waals surface area contributed by atoms with E-state index in [2.05, 4.69) is 57.9 Å². The van der Waals surface area contributed by atoms with E-state index in [1.807, 2.05) is 30.3 Å². The van der Waals surface area contributed by atoms with Crippen LogP contribution in [-0.4, -0.2) is 35.0 Å².